The highest BCUT2D eigenvalue weighted by Gasteiger charge is 2.18. The van der Waals surface area contributed by atoms with Crippen LogP contribution in [0.2, 0.25) is 5.02 Å². The van der Waals surface area contributed by atoms with Gasteiger partial charge in [0, 0.05) is 42.7 Å². The Labute approximate surface area is 274 Å². The van der Waals surface area contributed by atoms with E-state index in [-0.39, 0.29) is 19.0 Å². The fraction of sp³-hybridized carbons (Fsp3) is 0.294. The number of aromatic nitrogens is 1. The highest BCUT2D eigenvalue weighted by molar-refractivity contribution is 7.89. The Balaban J connectivity index is 1.37. The highest BCUT2D eigenvalue weighted by Crippen LogP contribution is 2.37. The van der Waals surface area contributed by atoms with Crippen LogP contribution in [0.1, 0.15) is 27.8 Å². The lowest BCUT2D eigenvalue weighted by atomic mass is 9.96. The number of fused-ring (bicyclic) bond motifs is 1. The third-order valence-corrected chi connectivity index (χ3v) is 9.25. The molecule has 1 aliphatic heterocycles. The van der Waals surface area contributed by atoms with E-state index in [0.29, 0.717) is 48.4 Å². The first kappa shape index (κ1) is 33.0. The Kier molecular flexibility index (Phi) is 10.7. The van der Waals surface area contributed by atoms with Gasteiger partial charge in [-0.3, -0.25) is 4.98 Å². The SMILES string of the molecule is CNS(=O)(=O)CCN(C)Cc1cc(Cl)c(OCc2cccc(-c3ccc4c(c3)OCCO4)c2C)cc1OCc1cncc(C#N)c1. The topological polar surface area (TPSA) is 123 Å². The minimum absolute atomic E-state index is 0.0532. The van der Waals surface area contributed by atoms with E-state index in [1.807, 2.05) is 42.3 Å². The molecule has 5 rings (SSSR count). The van der Waals surface area contributed by atoms with E-state index in [4.69, 9.17) is 30.5 Å². The molecule has 0 fully saturated rings. The lowest BCUT2D eigenvalue weighted by Crippen LogP contribution is -2.30. The molecule has 10 nitrogen and oxygen atoms in total. The van der Waals surface area contributed by atoms with Crippen LogP contribution in [0.15, 0.2) is 67.0 Å². The lowest BCUT2D eigenvalue weighted by Gasteiger charge is -2.21. The van der Waals surface area contributed by atoms with E-state index in [1.165, 1.54) is 13.2 Å². The quantitative estimate of drug-likeness (QED) is 0.198. The van der Waals surface area contributed by atoms with Crippen molar-refractivity contribution in [1.29, 1.82) is 5.26 Å². The van der Waals surface area contributed by atoms with Crippen LogP contribution in [0.3, 0.4) is 0 Å². The molecule has 0 bridgehead atoms. The fourth-order valence-corrected chi connectivity index (χ4v) is 6.00. The van der Waals surface area contributed by atoms with Crippen molar-refractivity contribution in [2.45, 2.75) is 26.7 Å². The summed E-state index contributed by atoms with van der Waals surface area (Å²) in [4.78, 5) is 5.99. The second-order valence-corrected chi connectivity index (χ2v) is 13.3. The summed E-state index contributed by atoms with van der Waals surface area (Å²) in [5.74, 6) is 2.38. The molecule has 12 heteroatoms. The number of pyridine rings is 1. The molecule has 0 spiro atoms. The average molecular weight is 663 g/mol. The third-order valence-electron chi connectivity index (χ3n) is 7.61. The maximum absolute atomic E-state index is 12.0. The van der Waals surface area contributed by atoms with Gasteiger partial charge in [-0.1, -0.05) is 35.9 Å². The minimum atomic E-state index is -3.36. The largest absolute Gasteiger partial charge is 0.488 e. The first-order valence-corrected chi connectivity index (χ1v) is 16.7. The number of halogens is 1. The zero-order valence-electron chi connectivity index (χ0n) is 25.9. The maximum atomic E-state index is 12.0. The third kappa shape index (κ3) is 8.27. The van der Waals surface area contributed by atoms with Crippen LogP contribution in [0, 0.1) is 18.3 Å². The number of ether oxygens (including phenoxy) is 4. The second kappa shape index (κ2) is 14.8. The molecule has 0 aliphatic carbocycles. The number of nitrogens with one attached hydrogen (secondary N) is 1. The van der Waals surface area contributed by atoms with E-state index in [0.717, 1.165) is 44.9 Å². The van der Waals surface area contributed by atoms with Crippen LogP contribution in [0.5, 0.6) is 23.0 Å². The molecular formula is C34H35ClN4O6S. The Morgan fingerprint density at radius 1 is 1.00 bits per heavy atom. The van der Waals surface area contributed by atoms with Gasteiger partial charge in [-0.2, -0.15) is 5.26 Å². The van der Waals surface area contributed by atoms with Gasteiger partial charge in [-0.25, -0.2) is 13.1 Å². The molecule has 0 atom stereocenters. The van der Waals surface area contributed by atoms with Crippen LogP contribution in [-0.2, 0) is 29.8 Å². The Morgan fingerprint density at radius 3 is 2.57 bits per heavy atom. The number of benzene rings is 3. The molecule has 0 amide bonds. The zero-order valence-corrected chi connectivity index (χ0v) is 27.5. The van der Waals surface area contributed by atoms with Crippen molar-refractivity contribution in [3.63, 3.8) is 0 Å². The number of nitriles is 1. The summed E-state index contributed by atoms with van der Waals surface area (Å²) >= 11 is 6.74. The molecule has 1 aliphatic rings. The van der Waals surface area contributed by atoms with Crippen molar-refractivity contribution in [3.05, 3.63) is 99.8 Å². The van der Waals surface area contributed by atoms with Crippen molar-refractivity contribution < 1.29 is 27.4 Å². The monoisotopic (exact) mass is 662 g/mol. The summed E-state index contributed by atoms with van der Waals surface area (Å²) in [5, 5.41) is 9.65. The molecule has 0 saturated carbocycles. The average Bonchev–Trinajstić information content (AvgIpc) is 3.07. The molecular weight excluding hydrogens is 628 g/mol. The summed E-state index contributed by atoms with van der Waals surface area (Å²) in [5.41, 5.74) is 6.03. The Bertz CT molecular complexity index is 1860. The van der Waals surface area contributed by atoms with Gasteiger partial charge in [0.05, 0.1) is 16.3 Å². The summed E-state index contributed by atoms with van der Waals surface area (Å²) in [6.45, 7) is 4.21. The summed E-state index contributed by atoms with van der Waals surface area (Å²) in [6.07, 6.45) is 3.13. The molecule has 3 aromatic carbocycles. The number of nitrogens with zero attached hydrogens (tertiary/aromatic N) is 3. The van der Waals surface area contributed by atoms with E-state index in [1.54, 1.807) is 24.4 Å². The molecule has 2 heterocycles. The van der Waals surface area contributed by atoms with E-state index < -0.39 is 10.0 Å². The standard InChI is InChI=1S/C34H35ClN4O6S/c1-23-27(5-4-6-29(23)26-7-8-31-34(15-26)43-11-10-42-31)22-45-33-16-32(44-21-25-13-24(17-36)18-38-19-25)28(14-30(33)35)20-39(3)9-12-46(40,41)37-2/h4-8,13-16,18-19,37H,9-12,20-22H2,1-3H3. The van der Waals surface area contributed by atoms with Crippen molar-refractivity contribution in [2.24, 2.45) is 0 Å². The van der Waals surface area contributed by atoms with Gasteiger partial charge >= 0.3 is 0 Å². The first-order valence-electron chi connectivity index (χ1n) is 14.7. The number of hydrogen-bond acceptors (Lipinski definition) is 9. The van der Waals surface area contributed by atoms with E-state index in [2.05, 4.69) is 28.8 Å². The minimum Gasteiger partial charge on any atom is -0.488 e. The van der Waals surface area contributed by atoms with Crippen molar-refractivity contribution in [3.8, 4) is 40.2 Å². The molecule has 1 N–H and O–H groups in total. The van der Waals surface area contributed by atoms with Crippen LogP contribution in [-0.4, -0.2) is 57.9 Å². The van der Waals surface area contributed by atoms with E-state index >= 15 is 0 Å². The van der Waals surface area contributed by atoms with Crippen molar-refractivity contribution in [2.75, 3.05) is 39.6 Å². The molecule has 0 radical (unpaired) electrons. The molecule has 46 heavy (non-hydrogen) atoms. The lowest BCUT2D eigenvalue weighted by molar-refractivity contribution is 0.171. The van der Waals surface area contributed by atoms with Crippen molar-refractivity contribution >= 4 is 21.6 Å². The van der Waals surface area contributed by atoms with Gasteiger partial charge in [-0.15, -0.1) is 0 Å². The molecule has 0 unspecified atom stereocenters. The van der Waals surface area contributed by atoms with Crippen LogP contribution >= 0.6 is 11.6 Å². The summed E-state index contributed by atoms with van der Waals surface area (Å²) in [7, 11) is -0.142. The van der Waals surface area contributed by atoms with Gasteiger partial charge in [0.15, 0.2) is 11.5 Å². The summed E-state index contributed by atoms with van der Waals surface area (Å²) in [6, 6.07) is 19.3. The van der Waals surface area contributed by atoms with Crippen LogP contribution in [0.25, 0.3) is 11.1 Å². The highest BCUT2D eigenvalue weighted by atomic mass is 35.5. The molecule has 1 aromatic heterocycles. The zero-order chi connectivity index (χ0) is 32.7. The second-order valence-electron chi connectivity index (χ2n) is 10.9. The normalized spacial score (nSPS) is 12.5. The maximum Gasteiger partial charge on any atom is 0.212 e. The van der Waals surface area contributed by atoms with Gasteiger partial charge in [0.2, 0.25) is 10.0 Å². The molecule has 4 aromatic rings. The molecule has 240 valence electrons. The predicted molar refractivity (Wildman–Crippen MR) is 176 cm³/mol. The van der Waals surface area contributed by atoms with Crippen LogP contribution < -0.4 is 23.7 Å². The van der Waals surface area contributed by atoms with Gasteiger partial charge in [0.25, 0.3) is 0 Å². The number of rotatable bonds is 13. The van der Waals surface area contributed by atoms with Crippen LogP contribution in [0.4, 0.5) is 0 Å². The van der Waals surface area contributed by atoms with Crippen molar-refractivity contribution in [1.82, 2.24) is 14.6 Å². The summed E-state index contributed by atoms with van der Waals surface area (Å²) < 4.78 is 50.2. The Morgan fingerprint density at radius 2 is 1.78 bits per heavy atom. The van der Waals surface area contributed by atoms with E-state index in [9.17, 15) is 13.7 Å². The number of hydrogen-bond donors (Lipinski definition) is 1. The molecule has 0 saturated heterocycles. The first-order chi connectivity index (χ1) is 22.2. The van der Waals surface area contributed by atoms with Gasteiger partial charge < -0.3 is 23.8 Å². The van der Waals surface area contributed by atoms with Gasteiger partial charge in [0.1, 0.15) is 44.0 Å². The number of sulfonamides is 1. The fourth-order valence-electron chi connectivity index (χ4n) is 5.00. The Hall–Kier alpha value is -4.34. The predicted octanol–water partition coefficient (Wildman–Crippen LogP) is 5.49. The van der Waals surface area contributed by atoms with Gasteiger partial charge in [-0.05, 0) is 67.5 Å². The smallest absolute Gasteiger partial charge is 0.212 e.